The van der Waals surface area contributed by atoms with E-state index in [0.717, 1.165) is 29.1 Å². The maximum atomic E-state index is 6.57. The van der Waals surface area contributed by atoms with E-state index in [4.69, 9.17) is 10.5 Å². The van der Waals surface area contributed by atoms with Crippen molar-refractivity contribution in [2.24, 2.45) is 10.8 Å². The van der Waals surface area contributed by atoms with Crippen LogP contribution in [0, 0.1) is 6.92 Å². The molecule has 2 aromatic rings. The van der Waals surface area contributed by atoms with Crippen molar-refractivity contribution in [3.05, 3.63) is 63.2 Å². The number of nitrogens with two attached hydrogens (primary N) is 1. The number of aryl methyl sites for hydroxylation is 1. The molecule has 1 atom stereocenters. The third-order valence-corrected chi connectivity index (χ3v) is 7.02. The van der Waals surface area contributed by atoms with Gasteiger partial charge < -0.3 is 20.3 Å². The van der Waals surface area contributed by atoms with Crippen LogP contribution >= 0.6 is 23.1 Å². The highest BCUT2D eigenvalue weighted by molar-refractivity contribution is 7.99. The van der Waals surface area contributed by atoms with E-state index < -0.39 is 6.23 Å². The molecule has 0 saturated heterocycles. The number of rotatable bonds is 9. The Morgan fingerprint density at radius 2 is 1.94 bits per heavy atom. The Kier molecular flexibility index (Phi) is 7.78. The van der Waals surface area contributed by atoms with Crippen molar-refractivity contribution in [2.45, 2.75) is 43.6 Å². The van der Waals surface area contributed by atoms with Gasteiger partial charge in [0.25, 0.3) is 5.90 Å². The minimum absolute atomic E-state index is 0.415. The maximum absolute atomic E-state index is 6.57. The molecule has 8 heteroatoms. The van der Waals surface area contributed by atoms with Gasteiger partial charge in [-0.1, -0.05) is 26.0 Å². The van der Waals surface area contributed by atoms with Gasteiger partial charge in [0.1, 0.15) is 11.5 Å². The van der Waals surface area contributed by atoms with Crippen LogP contribution in [0.3, 0.4) is 0 Å². The normalized spacial score (nSPS) is 16.5. The smallest absolute Gasteiger partial charge is 0.250 e. The van der Waals surface area contributed by atoms with Crippen LogP contribution in [0.1, 0.15) is 29.9 Å². The molecule has 0 aliphatic carbocycles. The molecular weight excluding hydrogens is 426 g/mol. The first kappa shape index (κ1) is 23.3. The number of ether oxygens (including phenoxy) is 1. The first-order valence-electron chi connectivity index (χ1n) is 10.4. The van der Waals surface area contributed by atoms with Gasteiger partial charge in [0.15, 0.2) is 0 Å². The van der Waals surface area contributed by atoms with Crippen LogP contribution < -0.4 is 11.2 Å². The zero-order chi connectivity index (χ0) is 22.5. The number of nitrogens with one attached hydrogen (secondary N) is 1. The summed E-state index contributed by atoms with van der Waals surface area (Å²) in [6.45, 7) is 7.29. The van der Waals surface area contributed by atoms with Crippen molar-refractivity contribution in [3.8, 4) is 0 Å². The van der Waals surface area contributed by atoms with Gasteiger partial charge in [-0.05, 0) is 48.1 Å². The van der Waals surface area contributed by atoms with Crippen molar-refractivity contribution in [2.75, 3.05) is 27.7 Å². The molecule has 3 rings (SSSR count). The van der Waals surface area contributed by atoms with E-state index in [-0.39, 0.29) is 0 Å². The lowest BCUT2D eigenvalue weighted by Gasteiger charge is -2.29. The number of likely N-dealkylation sites (N-methyl/N-ethyl adjacent to an activating group) is 2. The average Bonchev–Trinajstić information content (AvgIpc) is 3.35. The second kappa shape index (κ2) is 10.3. The number of hydrogen-bond donors (Lipinski definition) is 2. The summed E-state index contributed by atoms with van der Waals surface area (Å²) in [4.78, 5) is 6.41. The average molecular weight is 460 g/mol. The number of thioether (sulfide) groups is 1. The number of thiophene rings is 1. The van der Waals surface area contributed by atoms with Crippen molar-refractivity contribution in [1.82, 2.24) is 15.2 Å². The minimum atomic E-state index is -0.415. The van der Waals surface area contributed by atoms with E-state index in [1.54, 1.807) is 11.3 Å². The number of benzene rings is 1. The molecule has 1 aliphatic rings. The fraction of sp³-hybridized carbons (Fsp3) is 0.435. The summed E-state index contributed by atoms with van der Waals surface area (Å²) in [5.74, 6) is 1.29. The van der Waals surface area contributed by atoms with Gasteiger partial charge in [-0.25, -0.2) is 0 Å². The van der Waals surface area contributed by atoms with Gasteiger partial charge in [-0.2, -0.15) is 0 Å². The van der Waals surface area contributed by atoms with Crippen LogP contribution in [0.25, 0.3) is 0 Å². The van der Waals surface area contributed by atoms with E-state index >= 15 is 0 Å². The zero-order valence-corrected chi connectivity index (χ0v) is 20.8. The van der Waals surface area contributed by atoms with Gasteiger partial charge in [0, 0.05) is 37.8 Å². The summed E-state index contributed by atoms with van der Waals surface area (Å²) in [6.07, 6.45) is 0.501. The highest BCUT2D eigenvalue weighted by Gasteiger charge is 2.30. The van der Waals surface area contributed by atoms with Crippen LogP contribution in [0.2, 0.25) is 0 Å². The van der Waals surface area contributed by atoms with Gasteiger partial charge in [0.05, 0.1) is 4.88 Å². The van der Waals surface area contributed by atoms with Crippen molar-refractivity contribution in [1.29, 1.82) is 0 Å². The Balaban J connectivity index is 1.65. The van der Waals surface area contributed by atoms with E-state index in [2.05, 4.69) is 66.5 Å². The molecule has 0 spiro atoms. The molecule has 1 unspecified atom stereocenters. The quantitative estimate of drug-likeness (QED) is 0.552. The van der Waals surface area contributed by atoms with Crippen LogP contribution in [0.5, 0.6) is 0 Å². The number of nitrogens with zero attached hydrogens (tertiary/aromatic N) is 3. The summed E-state index contributed by atoms with van der Waals surface area (Å²) < 4.78 is 6.13. The Hall–Kier alpha value is -2.32. The third-order valence-electron chi connectivity index (χ3n) is 5.00. The van der Waals surface area contributed by atoms with E-state index in [1.807, 2.05) is 43.2 Å². The summed E-state index contributed by atoms with van der Waals surface area (Å²) in [7, 11) is 5.96. The SMILES string of the molecule is Cc1ccsc1C1=NNC(/C(=C(\N)N(C)CCc2ccc(SC(C)C)cc2)N(C)C)O1. The van der Waals surface area contributed by atoms with E-state index in [9.17, 15) is 0 Å². The Morgan fingerprint density at radius 1 is 1.23 bits per heavy atom. The fourth-order valence-corrected chi connectivity index (χ4v) is 5.01. The molecule has 1 aromatic carbocycles. The standard InChI is InChI=1S/C23H33N5OS2/c1-15(2)31-18-9-7-17(8-10-18)11-13-28(6)21(24)19(27(4)5)22-25-26-23(29-22)20-16(3)12-14-30-20/h7-10,12,14-15,22,25H,11,13,24H2,1-6H3/b21-19-. The topological polar surface area (TPSA) is 66.1 Å². The summed E-state index contributed by atoms with van der Waals surface area (Å²) in [5.41, 5.74) is 13.0. The molecule has 3 N–H and O–H groups in total. The zero-order valence-electron chi connectivity index (χ0n) is 19.2. The molecule has 168 valence electrons. The predicted octanol–water partition coefficient (Wildman–Crippen LogP) is 4.03. The molecule has 1 aromatic heterocycles. The van der Waals surface area contributed by atoms with Crippen molar-refractivity contribution >= 4 is 29.0 Å². The van der Waals surface area contributed by atoms with Crippen LogP contribution in [-0.4, -0.2) is 54.9 Å². The first-order chi connectivity index (χ1) is 14.8. The summed E-state index contributed by atoms with van der Waals surface area (Å²) >= 11 is 3.51. The highest BCUT2D eigenvalue weighted by Crippen LogP contribution is 2.25. The van der Waals surface area contributed by atoms with Crippen LogP contribution in [-0.2, 0) is 11.2 Å². The van der Waals surface area contributed by atoms with Crippen molar-refractivity contribution in [3.63, 3.8) is 0 Å². The lowest BCUT2D eigenvalue weighted by molar-refractivity contribution is 0.182. The molecule has 2 heterocycles. The molecule has 0 saturated carbocycles. The Bertz CT molecular complexity index is 934. The molecule has 0 radical (unpaired) electrons. The molecular formula is C23H33N5OS2. The number of hydrazone groups is 1. The van der Waals surface area contributed by atoms with Gasteiger partial charge in [-0.15, -0.1) is 28.2 Å². The Morgan fingerprint density at radius 3 is 2.52 bits per heavy atom. The number of hydrogen-bond acceptors (Lipinski definition) is 8. The molecule has 0 bridgehead atoms. The molecule has 0 fully saturated rings. The predicted molar refractivity (Wildman–Crippen MR) is 132 cm³/mol. The van der Waals surface area contributed by atoms with Crippen LogP contribution in [0.4, 0.5) is 0 Å². The fourth-order valence-electron chi connectivity index (χ4n) is 3.31. The van der Waals surface area contributed by atoms with E-state index in [1.165, 1.54) is 10.5 Å². The molecule has 1 aliphatic heterocycles. The van der Waals surface area contributed by atoms with Gasteiger partial charge in [0.2, 0.25) is 6.23 Å². The molecule has 0 amide bonds. The van der Waals surface area contributed by atoms with E-state index in [0.29, 0.717) is 17.0 Å². The lowest BCUT2D eigenvalue weighted by Crippen LogP contribution is -2.39. The second-order valence-electron chi connectivity index (χ2n) is 8.12. The lowest BCUT2D eigenvalue weighted by atomic mass is 10.1. The van der Waals surface area contributed by atoms with Gasteiger partial charge >= 0.3 is 0 Å². The summed E-state index contributed by atoms with van der Waals surface area (Å²) in [6, 6.07) is 10.9. The first-order valence-corrected chi connectivity index (χ1v) is 12.2. The third kappa shape index (κ3) is 5.89. The highest BCUT2D eigenvalue weighted by atomic mass is 32.2. The second-order valence-corrected chi connectivity index (χ2v) is 10.7. The minimum Gasteiger partial charge on any atom is -0.444 e. The summed E-state index contributed by atoms with van der Waals surface area (Å²) in [5, 5.41) is 7.04. The maximum Gasteiger partial charge on any atom is 0.250 e. The molecule has 31 heavy (non-hydrogen) atoms. The largest absolute Gasteiger partial charge is 0.444 e. The van der Waals surface area contributed by atoms with Crippen LogP contribution in [0.15, 0.2) is 57.2 Å². The van der Waals surface area contributed by atoms with Gasteiger partial charge in [-0.3, -0.25) is 5.43 Å². The Labute approximate surface area is 194 Å². The monoisotopic (exact) mass is 459 g/mol. The molecule has 6 nitrogen and oxygen atoms in total. The van der Waals surface area contributed by atoms with Crippen molar-refractivity contribution < 1.29 is 4.74 Å².